The number of amides is 2. The first-order valence-electron chi connectivity index (χ1n) is 9.27. The lowest BCUT2D eigenvalue weighted by atomic mass is 10.1. The SMILES string of the molecule is Cc1cc(CC(=O)N2CC(O)CC2C(=O)NCc2ccc3[nH]c(=O)[nH]c3c2)on1. The summed E-state index contributed by atoms with van der Waals surface area (Å²) in [4.78, 5) is 43.4. The van der Waals surface area contributed by atoms with E-state index in [-0.39, 0.29) is 43.4 Å². The van der Waals surface area contributed by atoms with E-state index in [4.69, 9.17) is 4.52 Å². The molecule has 10 heteroatoms. The zero-order valence-electron chi connectivity index (χ0n) is 15.8. The molecule has 152 valence electrons. The minimum absolute atomic E-state index is 0.0190. The van der Waals surface area contributed by atoms with Gasteiger partial charge in [0.1, 0.15) is 11.8 Å². The van der Waals surface area contributed by atoms with E-state index >= 15 is 0 Å². The highest BCUT2D eigenvalue weighted by Crippen LogP contribution is 2.20. The van der Waals surface area contributed by atoms with E-state index in [9.17, 15) is 19.5 Å². The molecule has 3 heterocycles. The molecule has 2 atom stereocenters. The van der Waals surface area contributed by atoms with Crippen LogP contribution in [0.4, 0.5) is 0 Å². The zero-order valence-corrected chi connectivity index (χ0v) is 15.8. The van der Waals surface area contributed by atoms with Crippen molar-refractivity contribution in [3.63, 3.8) is 0 Å². The van der Waals surface area contributed by atoms with Crippen LogP contribution in [0.25, 0.3) is 11.0 Å². The standard InChI is InChI=1S/C19H21N5O5/c1-10-4-13(29-23-10)7-17(26)24-9-12(25)6-16(24)18(27)20-8-11-2-3-14-15(5-11)22-19(28)21-14/h2-5,12,16,25H,6-9H2,1H3,(H,20,27)(H2,21,22,28). The Hall–Kier alpha value is -3.40. The molecule has 1 aromatic carbocycles. The number of nitrogens with one attached hydrogen (secondary N) is 3. The van der Waals surface area contributed by atoms with Crippen LogP contribution < -0.4 is 11.0 Å². The van der Waals surface area contributed by atoms with Gasteiger partial charge < -0.3 is 29.8 Å². The van der Waals surface area contributed by atoms with Crippen LogP contribution >= 0.6 is 0 Å². The van der Waals surface area contributed by atoms with Gasteiger partial charge in [0.05, 0.1) is 29.3 Å². The molecule has 10 nitrogen and oxygen atoms in total. The number of aromatic amines is 2. The van der Waals surface area contributed by atoms with E-state index in [2.05, 4.69) is 20.4 Å². The lowest BCUT2D eigenvalue weighted by Crippen LogP contribution is -2.46. The average molecular weight is 399 g/mol. The Morgan fingerprint density at radius 2 is 2.10 bits per heavy atom. The average Bonchev–Trinajstić information content (AvgIpc) is 3.36. The summed E-state index contributed by atoms with van der Waals surface area (Å²) in [5.74, 6) is -0.225. The number of aromatic nitrogens is 3. The van der Waals surface area contributed by atoms with Crippen LogP contribution in [0.3, 0.4) is 0 Å². The highest BCUT2D eigenvalue weighted by Gasteiger charge is 2.38. The summed E-state index contributed by atoms with van der Waals surface area (Å²) in [5, 5.41) is 16.6. The summed E-state index contributed by atoms with van der Waals surface area (Å²) in [6.45, 7) is 2.09. The van der Waals surface area contributed by atoms with E-state index in [1.54, 1.807) is 31.2 Å². The fourth-order valence-corrected chi connectivity index (χ4v) is 3.58. The Balaban J connectivity index is 1.41. The van der Waals surface area contributed by atoms with E-state index in [0.29, 0.717) is 22.5 Å². The third-order valence-electron chi connectivity index (χ3n) is 4.95. The maximum Gasteiger partial charge on any atom is 0.323 e. The molecule has 0 bridgehead atoms. The van der Waals surface area contributed by atoms with E-state index < -0.39 is 12.1 Å². The van der Waals surface area contributed by atoms with Crippen molar-refractivity contribution in [1.29, 1.82) is 0 Å². The number of hydrogen-bond acceptors (Lipinski definition) is 6. The van der Waals surface area contributed by atoms with E-state index in [1.807, 2.05) is 0 Å². The van der Waals surface area contributed by atoms with Crippen molar-refractivity contribution in [2.75, 3.05) is 6.54 Å². The van der Waals surface area contributed by atoms with Crippen LogP contribution in [0.15, 0.2) is 33.6 Å². The zero-order chi connectivity index (χ0) is 20.5. The smallest absolute Gasteiger partial charge is 0.323 e. The highest BCUT2D eigenvalue weighted by atomic mass is 16.5. The number of β-amino-alcohol motifs (C(OH)–C–C–N with tert-alkyl or cyclic N) is 1. The van der Waals surface area contributed by atoms with Gasteiger partial charge in [-0.3, -0.25) is 9.59 Å². The molecule has 1 fully saturated rings. The van der Waals surface area contributed by atoms with Crippen molar-refractivity contribution >= 4 is 22.8 Å². The number of carbonyl (C=O) groups is 2. The second kappa shape index (κ2) is 7.55. The molecular weight excluding hydrogens is 378 g/mol. The predicted molar refractivity (Wildman–Crippen MR) is 102 cm³/mol. The third-order valence-corrected chi connectivity index (χ3v) is 4.95. The van der Waals surface area contributed by atoms with Gasteiger partial charge in [-0.15, -0.1) is 0 Å². The third kappa shape index (κ3) is 4.06. The van der Waals surface area contributed by atoms with Crippen molar-refractivity contribution in [2.24, 2.45) is 0 Å². The molecule has 0 saturated carbocycles. The molecule has 29 heavy (non-hydrogen) atoms. The molecule has 2 amide bonds. The van der Waals surface area contributed by atoms with Crippen molar-refractivity contribution in [2.45, 2.75) is 38.5 Å². The Morgan fingerprint density at radius 3 is 2.86 bits per heavy atom. The van der Waals surface area contributed by atoms with Crippen LogP contribution in [-0.2, 0) is 22.6 Å². The van der Waals surface area contributed by atoms with Gasteiger partial charge in [-0.2, -0.15) is 0 Å². The predicted octanol–water partition coefficient (Wildman–Crippen LogP) is -0.0267. The highest BCUT2D eigenvalue weighted by molar-refractivity contribution is 5.89. The molecule has 2 unspecified atom stereocenters. The minimum Gasteiger partial charge on any atom is -0.391 e. The monoisotopic (exact) mass is 399 g/mol. The van der Waals surface area contributed by atoms with Gasteiger partial charge in [-0.05, 0) is 24.6 Å². The minimum atomic E-state index is -0.757. The lowest BCUT2D eigenvalue weighted by Gasteiger charge is -2.23. The molecule has 1 saturated heterocycles. The summed E-state index contributed by atoms with van der Waals surface area (Å²) in [6.07, 6.45) is -0.598. The number of hydrogen-bond donors (Lipinski definition) is 4. The number of carbonyl (C=O) groups excluding carboxylic acids is 2. The number of H-pyrrole nitrogens is 2. The van der Waals surface area contributed by atoms with E-state index in [1.165, 1.54) is 4.90 Å². The fourth-order valence-electron chi connectivity index (χ4n) is 3.58. The molecule has 2 aromatic heterocycles. The van der Waals surface area contributed by atoms with Crippen molar-refractivity contribution in [3.8, 4) is 0 Å². The van der Waals surface area contributed by atoms with Gasteiger partial charge in [0.15, 0.2) is 0 Å². The molecule has 0 spiro atoms. The summed E-state index contributed by atoms with van der Waals surface area (Å²) in [6, 6.07) is 6.24. The van der Waals surface area contributed by atoms with Gasteiger partial charge in [0, 0.05) is 25.6 Å². The molecule has 0 aliphatic carbocycles. The van der Waals surface area contributed by atoms with Crippen LogP contribution in [-0.4, -0.2) is 55.6 Å². The molecule has 4 N–H and O–H groups in total. The quantitative estimate of drug-likeness (QED) is 0.474. The van der Waals surface area contributed by atoms with Gasteiger partial charge >= 0.3 is 5.69 Å². The first-order chi connectivity index (χ1) is 13.9. The number of benzene rings is 1. The molecule has 0 radical (unpaired) electrons. The maximum absolute atomic E-state index is 12.7. The Bertz CT molecular complexity index is 1110. The number of aryl methyl sites for hydroxylation is 1. The van der Waals surface area contributed by atoms with Gasteiger partial charge in [-0.25, -0.2) is 4.79 Å². The largest absolute Gasteiger partial charge is 0.391 e. The maximum atomic E-state index is 12.7. The van der Waals surface area contributed by atoms with Crippen molar-refractivity contribution in [1.82, 2.24) is 25.3 Å². The van der Waals surface area contributed by atoms with Gasteiger partial charge in [-0.1, -0.05) is 11.2 Å². The first kappa shape index (κ1) is 18.9. The number of likely N-dealkylation sites (tertiary alicyclic amines) is 1. The number of aliphatic hydroxyl groups excluding tert-OH is 1. The molecule has 1 aliphatic heterocycles. The molecule has 1 aliphatic rings. The second-order valence-electron chi connectivity index (χ2n) is 7.24. The lowest BCUT2D eigenvalue weighted by molar-refractivity contribution is -0.138. The Kier molecular flexibility index (Phi) is 4.93. The number of rotatable bonds is 5. The number of nitrogens with zero attached hydrogens (tertiary/aromatic N) is 2. The number of fused-ring (bicyclic) bond motifs is 1. The Morgan fingerprint density at radius 1 is 1.31 bits per heavy atom. The molecular formula is C19H21N5O5. The first-order valence-corrected chi connectivity index (χ1v) is 9.27. The Labute approximate surface area is 164 Å². The number of aliphatic hydroxyl groups is 1. The van der Waals surface area contributed by atoms with Crippen molar-refractivity contribution in [3.05, 3.63) is 51.8 Å². The van der Waals surface area contributed by atoms with Crippen LogP contribution in [0.5, 0.6) is 0 Å². The molecule has 4 rings (SSSR count). The van der Waals surface area contributed by atoms with E-state index in [0.717, 1.165) is 5.56 Å². The van der Waals surface area contributed by atoms with Crippen LogP contribution in [0.2, 0.25) is 0 Å². The van der Waals surface area contributed by atoms with Crippen LogP contribution in [0.1, 0.15) is 23.4 Å². The summed E-state index contributed by atoms with van der Waals surface area (Å²) in [5.41, 5.74) is 2.51. The summed E-state index contributed by atoms with van der Waals surface area (Å²) < 4.78 is 5.07. The summed E-state index contributed by atoms with van der Waals surface area (Å²) in [7, 11) is 0. The summed E-state index contributed by atoms with van der Waals surface area (Å²) >= 11 is 0. The second-order valence-corrected chi connectivity index (χ2v) is 7.24. The van der Waals surface area contributed by atoms with Crippen molar-refractivity contribution < 1.29 is 19.2 Å². The fraction of sp³-hybridized carbons (Fsp3) is 0.368. The molecule has 3 aromatic rings. The topological polar surface area (TPSA) is 144 Å². The number of imidazole rings is 1. The van der Waals surface area contributed by atoms with Crippen LogP contribution in [0, 0.1) is 6.92 Å². The van der Waals surface area contributed by atoms with Gasteiger partial charge in [0.25, 0.3) is 0 Å². The van der Waals surface area contributed by atoms with Gasteiger partial charge in [0.2, 0.25) is 11.8 Å². The normalized spacial score (nSPS) is 19.0.